The second-order valence-corrected chi connectivity index (χ2v) is 4.91. The van der Waals surface area contributed by atoms with Crippen molar-refractivity contribution < 1.29 is 0 Å². The van der Waals surface area contributed by atoms with E-state index in [0.717, 1.165) is 13.1 Å². The lowest BCUT2D eigenvalue weighted by Gasteiger charge is -2.33. The fourth-order valence-electron chi connectivity index (χ4n) is 2.31. The molecular formula is C16H28N2. The second kappa shape index (κ2) is 8.98. The van der Waals surface area contributed by atoms with Gasteiger partial charge >= 0.3 is 0 Å². The average Bonchev–Trinajstić information content (AvgIpc) is 2.43. The number of benzene rings is 1. The van der Waals surface area contributed by atoms with E-state index in [1.807, 2.05) is 0 Å². The van der Waals surface area contributed by atoms with Crippen LogP contribution in [-0.2, 0) is 0 Å². The number of rotatable bonds is 9. The van der Waals surface area contributed by atoms with Gasteiger partial charge in [0.15, 0.2) is 0 Å². The molecule has 0 saturated heterocycles. The fraction of sp³-hybridized carbons (Fsp3) is 0.625. The van der Waals surface area contributed by atoms with Crippen LogP contribution in [0.1, 0.15) is 46.0 Å². The lowest BCUT2D eigenvalue weighted by Crippen LogP contribution is -2.41. The number of para-hydroxylation sites is 1. The van der Waals surface area contributed by atoms with Crippen molar-refractivity contribution in [3.05, 3.63) is 30.3 Å². The Hall–Kier alpha value is -1.02. The molecular weight excluding hydrogens is 220 g/mol. The van der Waals surface area contributed by atoms with Gasteiger partial charge in [0, 0.05) is 24.8 Å². The Balaban J connectivity index is 2.75. The number of hydrogen-bond donors (Lipinski definition) is 1. The summed E-state index contributed by atoms with van der Waals surface area (Å²) in [6.45, 7) is 6.35. The Morgan fingerprint density at radius 2 is 1.72 bits per heavy atom. The third kappa shape index (κ3) is 4.69. The van der Waals surface area contributed by atoms with Gasteiger partial charge in [-0.3, -0.25) is 0 Å². The van der Waals surface area contributed by atoms with Crippen LogP contribution in [0.25, 0.3) is 0 Å². The van der Waals surface area contributed by atoms with Gasteiger partial charge in [0.25, 0.3) is 0 Å². The molecule has 1 atom stereocenters. The van der Waals surface area contributed by atoms with E-state index in [1.54, 1.807) is 0 Å². The van der Waals surface area contributed by atoms with E-state index in [0.29, 0.717) is 6.04 Å². The third-order valence-corrected chi connectivity index (χ3v) is 3.44. The molecule has 102 valence electrons. The minimum absolute atomic E-state index is 0.485. The summed E-state index contributed by atoms with van der Waals surface area (Å²) in [5, 5.41) is 0. The van der Waals surface area contributed by atoms with E-state index < -0.39 is 0 Å². The van der Waals surface area contributed by atoms with Crippen molar-refractivity contribution >= 4 is 5.69 Å². The highest BCUT2D eigenvalue weighted by atomic mass is 15.2. The molecule has 2 N–H and O–H groups in total. The summed E-state index contributed by atoms with van der Waals surface area (Å²) in [6.07, 6.45) is 6.17. The molecule has 0 amide bonds. The summed E-state index contributed by atoms with van der Waals surface area (Å²) >= 11 is 0. The van der Waals surface area contributed by atoms with Crippen molar-refractivity contribution in [1.29, 1.82) is 0 Å². The molecule has 2 heteroatoms. The first kappa shape index (κ1) is 15.0. The van der Waals surface area contributed by atoms with Gasteiger partial charge in [-0.15, -0.1) is 0 Å². The predicted octanol–water partition coefficient (Wildman–Crippen LogP) is 3.81. The van der Waals surface area contributed by atoms with Crippen molar-refractivity contribution in [2.75, 3.05) is 18.0 Å². The molecule has 0 aliphatic heterocycles. The highest BCUT2D eigenvalue weighted by molar-refractivity contribution is 5.47. The molecule has 0 bridgehead atoms. The molecule has 1 unspecified atom stereocenters. The molecule has 0 saturated carbocycles. The van der Waals surface area contributed by atoms with Crippen LogP contribution in [0.3, 0.4) is 0 Å². The maximum atomic E-state index is 5.98. The highest BCUT2D eigenvalue weighted by Gasteiger charge is 2.16. The first-order valence-corrected chi connectivity index (χ1v) is 7.35. The molecule has 0 aliphatic rings. The number of hydrogen-bond acceptors (Lipinski definition) is 2. The van der Waals surface area contributed by atoms with Crippen molar-refractivity contribution in [1.82, 2.24) is 0 Å². The molecule has 1 rings (SSSR count). The molecule has 0 aromatic heterocycles. The van der Waals surface area contributed by atoms with Gasteiger partial charge < -0.3 is 10.6 Å². The molecule has 1 aromatic carbocycles. The monoisotopic (exact) mass is 248 g/mol. The highest BCUT2D eigenvalue weighted by Crippen LogP contribution is 2.20. The normalized spacial score (nSPS) is 12.4. The second-order valence-electron chi connectivity index (χ2n) is 4.91. The van der Waals surface area contributed by atoms with Crippen LogP contribution in [0.2, 0.25) is 0 Å². The summed E-state index contributed by atoms with van der Waals surface area (Å²) in [5.74, 6) is 0. The first-order valence-electron chi connectivity index (χ1n) is 7.35. The molecule has 0 heterocycles. The summed E-state index contributed by atoms with van der Waals surface area (Å²) < 4.78 is 0. The van der Waals surface area contributed by atoms with Crippen LogP contribution in [0, 0.1) is 0 Å². The number of nitrogens with two attached hydrogens (primary N) is 1. The van der Waals surface area contributed by atoms with Gasteiger partial charge in [-0.1, -0.05) is 51.3 Å². The Labute approximate surface area is 112 Å². The van der Waals surface area contributed by atoms with Crippen molar-refractivity contribution in [2.45, 2.75) is 52.0 Å². The van der Waals surface area contributed by atoms with Crippen LogP contribution in [0.5, 0.6) is 0 Å². The average molecular weight is 248 g/mol. The first-order chi connectivity index (χ1) is 8.83. The van der Waals surface area contributed by atoms with Crippen LogP contribution >= 0.6 is 0 Å². The Morgan fingerprint density at radius 3 is 2.28 bits per heavy atom. The largest absolute Gasteiger partial charge is 0.367 e. The van der Waals surface area contributed by atoms with Gasteiger partial charge in [-0.25, -0.2) is 0 Å². The van der Waals surface area contributed by atoms with E-state index in [2.05, 4.69) is 49.1 Å². The number of nitrogens with zero attached hydrogens (tertiary/aromatic N) is 1. The van der Waals surface area contributed by atoms with E-state index in [1.165, 1.54) is 37.8 Å². The van der Waals surface area contributed by atoms with E-state index >= 15 is 0 Å². The minimum Gasteiger partial charge on any atom is -0.367 e. The van der Waals surface area contributed by atoms with Gasteiger partial charge in [0.2, 0.25) is 0 Å². The zero-order valence-corrected chi connectivity index (χ0v) is 11.9. The topological polar surface area (TPSA) is 29.3 Å². The van der Waals surface area contributed by atoms with E-state index in [9.17, 15) is 0 Å². The van der Waals surface area contributed by atoms with E-state index in [4.69, 9.17) is 5.73 Å². The number of unbranched alkanes of at least 4 members (excludes halogenated alkanes) is 2. The lowest BCUT2D eigenvalue weighted by atomic mass is 10.1. The summed E-state index contributed by atoms with van der Waals surface area (Å²) in [5.41, 5.74) is 7.30. The maximum absolute atomic E-state index is 5.98. The molecule has 18 heavy (non-hydrogen) atoms. The van der Waals surface area contributed by atoms with Crippen LogP contribution in [0.4, 0.5) is 5.69 Å². The summed E-state index contributed by atoms with van der Waals surface area (Å²) in [4.78, 5) is 2.50. The number of anilines is 1. The minimum atomic E-state index is 0.485. The lowest BCUT2D eigenvalue weighted by molar-refractivity contribution is 0.524. The summed E-state index contributed by atoms with van der Waals surface area (Å²) in [7, 11) is 0. The smallest absolute Gasteiger partial charge is 0.0412 e. The summed E-state index contributed by atoms with van der Waals surface area (Å²) in [6, 6.07) is 11.2. The molecule has 2 nitrogen and oxygen atoms in total. The SMILES string of the molecule is CCCCC(CN)N(CCCC)c1ccccc1. The molecule has 1 aromatic rings. The van der Waals surface area contributed by atoms with Gasteiger partial charge in [0.05, 0.1) is 0 Å². The van der Waals surface area contributed by atoms with Crippen LogP contribution in [-0.4, -0.2) is 19.1 Å². The van der Waals surface area contributed by atoms with Crippen molar-refractivity contribution in [3.8, 4) is 0 Å². The van der Waals surface area contributed by atoms with Crippen molar-refractivity contribution in [3.63, 3.8) is 0 Å². The quantitative estimate of drug-likeness (QED) is 0.720. The molecule has 0 fully saturated rings. The third-order valence-electron chi connectivity index (χ3n) is 3.44. The fourth-order valence-corrected chi connectivity index (χ4v) is 2.31. The van der Waals surface area contributed by atoms with Crippen LogP contribution in [0.15, 0.2) is 30.3 Å². The zero-order chi connectivity index (χ0) is 13.2. The Morgan fingerprint density at radius 1 is 1.06 bits per heavy atom. The zero-order valence-electron chi connectivity index (χ0n) is 11.9. The van der Waals surface area contributed by atoms with Crippen molar-refractivity contribution in [2.24, 2.45) is 5.73 Å². The molecule has 0 radical (unpaired) electrons. The molecule has 0 aliphatic carbocycles. The standard InChI is InChI=1S/C16H28N2/c1-3-5-10-16(14-17)18(13-6-4-2)15-11-8-7-9-12-15/h7-9,11-12,16H,3-6,10,13-14,17H2,1-2H3. The maximum Gasteiger partial charge on any atom is 0.0412 e. The molecule has 0 spiro atoms. The van der Waals surface area contributed by atoms with Gasteiger partial charge in [-0.2, -0.15) is 0 Å². The van der Waals surface area contributed by atoms with Gasteiger partial charge in [0.1, 0.15) is 0 Å². The predicted molar refractivity (Wildman–Crippen MR) is 81.1 cm³/mol. The van der Waals surface area contributed by atoms with Crippen LogP contribution < -0.4 is 10.6 Å². The van der Waals surface area contributed by atoms with Gasteiger partial charge in [-0.05, 0) is 25.0 Å². The Kier molecular flexibility index (Phi) is 7.51. The Bertz CT molecular complexity index is 297. The van der Waals surface area contributed by atoms with E-state index in [-0.39, 0.29) is 0 Å².